The minimum absolute atomic E-state index is 0.100. The van der Waals surface area contributed by atoms with Gasteiger partial charge in [0, 0.05) is 16.9 Å². The van der Waals surface area contributed by atoms with Crippen molar-refractivity contribution in [1.82, 2.24) is 0 Å². The number of esters is 1. The van der Waals surface area contributed by atoms with Crippen LogP contribution >= 0.6 is 11.6 Å². The number of carbonyl (C=O) groups is 4. The second-order valence-corrected chi connectivity index (χ2v) is 9.13. The fourth-order valence-corrected chi connectivity index (χ4v) is 3.94. The smallest absolute Gasteiger partial charge is 0.338 e. The lowest BCUT2D eigenvalue weighted by atomic mass is 10.2. The summed E-state index contributed by atoms with van der Waals surface area (Å²) in [6.07, 6.45) is -0.280. The first-order valence-electron chi connectivity index (χ1n) is 12.2. The topological polar surface area (TPSA) is 114 Å². The van der Waals surface area contributed by atoms with E-state index in [-0.39, 0.29) is 34.0 Å². The molecule has 0 saturated heterocycles. The lowest BCUT2D eigenvalue weighted by Gasteiger charge is -2.16. The summed E-state index contributed by atoms with van der Waals surface area (Å²) >= 11 is 6.22. The van der Waals surface area contributed by atoms with Crippen LogP contribution in [-0.4, -0.2) is 36.4 Å². The summed E-state index contributed by atoms with van der Waals surface area (Å²) in [4.78, 5) is 51.5. The van der Waals surface area contributed by atoms with Gasteiger partial charge in [-0.2, -0.15) is 0 Å². The second kappa shape index (κ2) is 11.8. The van der Waals surface area contributed by atoms with Crippen LogP contribution in [0.15, 0.2) is 83.5 Å². The highest BCUT2D eigenvalue weighted by molar-refractivity contribution is 6.53. The molecule has 10 heteroatoms. The molecule has 4 rings (SSSR count). The van der Waals surface area contributed by atoms with Gasteiger partial charge in [-0.25, -0.2) is 9.69 Å². The van der Waals surface area contributed by atoms with E-state index >= 15 is 0 Å². The molecule has 0 unspecified atom stereocenters. The maximum absolute atomic E-state index is 13.1. The van der Waals surface area contributed by atoms with Crippen LogP contribution in [-0.2, 0) is 14.3 Å². The van der Waals surface area contributed by atoms with Crippen molar-refractivity contribution < 1.29 is 28.7 Å². The van der Waals surface area contributed by atoms with E-state index < -0.39 is 17.8 Å². The highest BCUT2D eigenvalue weighted by Crippen LogP contribution is 2.30. The van der Waals surface area contributed by atoms with Crippen molar-refractivity contribution in [3.8, 4) is 5.75 Å². The number of hydrogen-bond acceptors (Lipinski definition) is 7. The Kier molecular flexibility index (Phi) is 8.31. The van der Waals surface area contributed by atoms with E-state index in [9.17, 15) is 19.2 Å². The number of nitrogens with one attached hydrogen (secondary N) is 2. The number of halogens is 1. The summed E-state index contributed by atoms with van der Waals surface area (Å²) in [6.45, 7) is 5.92. The van der Waals surface area contributed by atoms with Crippen molar-refractivity contribution in [3.63, 3.8) is 0 Å². The van der Waals surface area contributed by atoms with Gasteiger partial charge in [-0.1, -0.05) is 11.6 Å². The van der Waals surface area contributed by atoms with E-state index in [2.05, 4.69) is 10.6 Å². The Hall–Kier alpha value is -4.63. The van der Waals surface area contributed by atoms with Gasteiger partial charge in [-0.05, 0) is 93.6 Å². The Morgan fingerprint density at radius 1 is 0.846 bits per heavy atom. The molecule has 2 N–H and O–H groups in total. The van der Waals surface area contributed by atoms with Gasteiger partial charge in [-0.3, -0.25) is 14.4 Å². The highest BCUT2D eigenvalue weighted by atomic mass is 35.5. The lowest BCUT2D eigenvalue weighted by Crippen LogP contribution is -2.32. The number of amides is 3. The van der Waals surface area contributed by atoms with Crippen molar-refractivity contribution in [2.75, 3.05) is 22.1 Å². The van der Waals surface area contributed by atoms with Crippen LogP contribution in [0, 0.1) is 0 Å². The van der Waals surface area contributed by atoms with Crippen LogP contribution in [0.4, 0.5) is 17.1 Å². The van der Waals surface area contributed by atoms with Crippen LogP contribution in [0.1, 0.15) is 41.5 Å². The van der Waals surface area contributed by atoms with Gasteiger partial charge in [0.15, 0.2) is 0 Å². The number of hydrogen-bond donors (Lipinski definition) is 2. The maximum atomic E-state index is 13.1. The van der Waals surface area contributed by atoms with E-state index in [4.69, 9.17) is 21.1 Å². The molecule has 9 nitrogen and oxygen atoms in total. The SMILES string of the molecule is CCOc1ccc(NC(=O)c2ccc(NC3=C(Cl)C(=O)N(c4ccc(C(=O)OC(C)C)cc4)C3=O)cc2)cc1. The Balaban J connectivity index is 1.41. The van der Waals surface area contributed by atoms with Crippen molar-refractivity contribution in [1.29, 1.82) is 0 Å². The van der Waals surface area contributed by atoms with Crippen LogP contribution in [0.2, 0.25) is 0 Å². The molecule has 1 aliphatic rings. The van der Waals surface area contributed by atoms with Crippen molar-refractivity contribution in [3.05, 3.63) is 94.7 Å². The average Bonchev–Trinajstić information content (AvgIpc) is 3.13. The van der Waals surface area contributed by atoms with Gasteiger partial charge in [0.1, 0.15) is 16.5 Å². The quantitative estimate of drug-likeness (QED) is 0.274. The van der Waals surface area contributed by atoms with Gasteiger partial charge in [-0.15, -0.1) is 0 Å². The Morgan fingerprint density at radius 2 is 1.44 bits per heavy atom. The van der Waals surface area contributed by atoms with Crippen molar-refractivity contribution in [2.24, 2.45) is 0 Å². The zero-order chi connectivity index (χ0) is 28.1. The molecular formula is C29H26ClN3O6. The zero-order valence-electron chi connectivity index (χ0n) is 21.5. The number of ether oxygens (including phenoxy) is 2. The zero-order valence-corrected chi connectivity index (χ0v) is 22.2. The molecule has 200 valence electrons. The molecule has 0 aromatic heterocycles. The standard InChI is InChI=1S/C29H26ClN3O6/c1-4-38-23-15-11-21(12-16-23)32-26(34)18-5-9-20(10-6-18)31-25-24(30)27(35)33(28(25)36)22-13-7-19(8-14-22)29(37)39-17(2)3/h5-17,31H,4H2,1-3H3,(H,32,34). The second-order valence-electron chi connectivity index (χ2n) is 8.75. The fourth-order valence-electron chi connectivity index (χ4n) is 3.73. The molecule has 0 spiro atoms. The lowest BCUT2D eigenvalue weighted by molar-refractivity contribution is -0.120. The van der Waals surface area contributed by atoms with Gasteiger partial charge in [0.2, 0.25) is 0 Å². The number of carbonyl (C=O) groups excluding carboxylic acids is 4. The van der Waals surface area contributed by atoms with Gasteiger partial charge in [0.25, 0.3) is 17.7 Å². The highest BCUT2D eigenvalue weighted by Gasteiger charge is 2.39. The first-order chi connectivity index (χ1) is 18.7. The third-order valence-corrected chi connectivity index (χ3v) is 5.92. The third kappa shape index (κ3) is 6.27. The molecule has 3 amide bonds. The van der Waals surface area contributed by atoms with Crippen LogP contribution in [0.25, 0.3) is 0 Å². The summed E-state index contributed by atoms with van der Waals surface area (Å²) in [7, 11) is 0. The Morgan fingerprint density at radius 3 is 2.03 bits per heavy atom. The molecule has 0 aliphatic carbocycles. The predicted molar refractivity (Wildman–Crippen MR) is 148 cm³/mol. The minimum atomic E-state index is -0.701. The average molecular weight is 548 g/mol. The van der Waals surface area contributed by atoms with E-state index in [1.165, 1.54) is 24.3 Å². The van der Waals surface area contributed by atoms with Gasteiger partial charge in [0.05, 0.1) is 24.0 Å². The molecule has 1 heterocycles. The summed E-state index contributed by atoms with van der Waals surface area (Å²) < 4.78 is 10.6. The molecule has 1 aliphatic heterocycles. The van der Waals surface area contributed by atoms with Crippen LogP contribution in [0.5, 0.6) is 5.75 Å². The minimum Gasteiger partial charge on any atom is -0.494 e. The number of nitrogens with zero attached hydrogens (tertiary/aromatic N) is 1. The van der Waals surface area contributed by atoms with E-state index in [0.29, 0.717) is 29.3 Å². The molecular weight excluding hydrogens is 522 g/mol. The first-order valence-corrected chi connectivity index (χ1v) is 12.6. The maximum Gasteiger partial charge on any atom is 0.338 e. The van der Waals surface area contributed by atoms with Gasteiger partial charge < -0.3 is 20.1 Å². The number of anilines is 3. The Labute approximate surface area is 230 Å². The molecule has 0 bridgehead atoms. The van der Waals surface area contributed by atoms with Crippen molar-refractivity contribution >= 4 is 52.4 Å². The molecule has 0 fully saturated rings. The fraction of sp³-hybridized carbons (Fsp3) is 0.172. The summed E-state index contributed by atoms with van der Waals surface area (Å²) in [5, 5.41) is 5.40. The summed E-state index contributed by atoms with van der Waals surface area (Å²) in [5.74, 6) is -1.47. The largest absolute Gasteiger partial charge is 0.494 e. The number of rotatable bonds is 9. The van der Waals surface area contributed by atoms with E-state index in [1.807, 2.05) is 6.92 Å². The molecule has 3 aromatic rings. The van der Waals surface area contributed by atoms with Crippen molar-refractivity contribution in [2.45, 2.75) is 26.9 Å². The van der Waals surface area contributed by atoms with Crippen LogP contribution < -0.4 is 20.3 Å². The Bertz CT molecular complexity index is 1430. The predicted octanol–water partition coefficient (Wildman–Crippen LogP) is 5.34. The molecule has 0 radical (unpaired) electrons. The molecule has 0 saturated carbocycles. The van der Waals surface area contributed by atoms with Crippen LogP contribution in [0.3, 0.4) is 0 Å². The first kappa shape index (κ1) is 27.4. The van der Waals surface area contributed by atoms with E-state index in [1.54, 1.807) is 62.4 Å². The molecule has 0 atom stereocenters. The van der Waals surface area contributed by atoms with Gasteiger partial charge >= 0.3 is 5.97 Å². The third-order valence-electron chi connectivity index (χ3n) is 5.57. The summed E-state index contributed by atoms with van der Waals surface area (Å²) in [5.41, 5.74) is 1.90. The number of imide groups is 1. The normalized spacial score (nSPS) is 13.1. The monoisotopic (exact) mass is 547 g/mol. The summed E-state index contributed by atoms with van der Waals surface area (Å²) in [6, 6.07) is 19.2. The number of benzene rings is 3. The molecule has 3 aromatic carbocycles. The molecule has 39 heavy (non-hydrogen) atoms. The van der Waals surface area contributed by atoms with E-state index in [0.717, 1.165) is 4.90 Å².